The third-order valence-corrected chi connectivity index (χ3v) is 2.69. The molecule has 1 aliphatic rings. The zero-order chi connectivity index (χ0) is 9.68. The first-order chi connectivity index (χ1) is 6.22. The van der Waals surface area contributed by atoms with Crippen LogP contribution in [0, 0.1) is 5.92 Å². The van der Waals surface area contributed by atoms with Crippen molar-refractivity contribution in [3.8, 4) is 0 Å². The molecule has 4 nitrogen and oxygen atoms in total. The standard InChI is InChI=1S/C9H20N4/c1-2-13-5-3-8(4-6-13)7-12-9(10)11/h8H,2-7H2,1H3,(H4,10,11,12). The third kappa shape index (κ3) is 3.63. The molecule has 4 N–H and O–H groups in total. The molecule has 1 saturated heterocycles. The van der Waals surface area contributed by atoms with E-state index in [1.165, 1.54) is 25.9 Å². The predicted octanol–water partition coefficient (Wildman–Crippen LogP) is -0.00830. The Hall–Kier alpha value is -0.770. The lowest BCUT2D eigenvalue weighted by Crippen LogP contribution is -2.34. The Morgan fingerprint density at radius 2 is 2.00 bits per heavy atom. The molecule has 0 bridgehead atoms. The minimum Gasteiger partial charge on any atom is -0.370 e. The van der Waals surface area contributed by atoms with Crippen LogP contribution in [0.15, 0.2) is 4.99 Å². The largest absolute Gasteiger partial charge is 0.370 e. The third-order valence-electron chi connectivity index (χ3n) is 2.69. The first-order valence-corrected chi connectivity index (χ1v) is 5.00. The second kappa shape index (κ2) is 5.07. The van der Waals surface area contributed by atoms with Gasteiger partial charge in [0, 0.05) is 6.54 Å². The van der Waals surface area contributed by atoms with Gasteiger partial charge in [-0.3, -0.25) is 4.99 Å². The van der Waals surface area contributed by atoms with Crippen LogP contribution in [0.5, 0.6) is 0 Å². The van der Waals surface area contributed by atoms with Crippen LogP contribution in [0.4, 0.5) is 0 Å². The van der Waals surface area contributed by atoms with Crippen molar-refractivity contribution in [1.29, 1.82) is 0 Å². The van der Waals surface area contributed by atoms with Crippen molar-refractivity contribution in [3.05, 3.63) is 0 Å². The summed E-state index contributed by atoms with van der Waals surface area (Å²) in [5, 5.41) is 0. The van der Waals surface area contributed by atoms with E-state index in [0.717, 1.165) is 13.1 Å². The van der Waals surface area contributed by atoms with Crippen LogP contribution in [0.3, 0.4) is 0 Å². The lowest BCUT2D eigenvalue weighted by Gasteiger charge is -2.30. The summed E-state index contributed by atoms with van der Waals surface area (Å²) in [7, 11) is 0. The van der Waals surface area contributed by atoms with E-state index in [4.69, 9.17) is 11.5 Å². The molecular weight excluding hydrogens is 164 g/mol. The monoisotopic (exact) mass is 184 g/mol. The van der Waals surface area contributed by atoms with E-state index in [9.17, 15) is 0 Å². The molecule has 0 aromatic rings. The zero-order valence-corrected chi connectivity index (χ0v) is 8.37. The molecule has 4 heteroatoms. The fraction of sp³-hybridized carbons (Fsp3) is 0.889. The van der Waals surface area contributed by atoms with E-state index in [-0.39, 0.29) is 5.96 Å². The molecule has 13 heavy (non-hydrogen) atoms. The van der Waals surface area contributed by atoms with E-state index in [2.05, 4.69) is 16.8 Å². The van der Waals surface area contributed by atoms with Gasteiger partial charge in [0.05, 0.1) is 0 Å². The second-order valence-electron chi connectivity index (χ2n) is 3.64. The van der Waals surface area contributed by atoms with Crippen LogP contribution in [0.1, 0.15) is 19.8 Å². The van der Waals surface area contributed by atoms with Crippen molar-refractivity contribution >= 4 is 5.96 Å². The highest BCUT2D eigenvalue weighted by molar-refractivity contribution is 5.75. The van der Waals surface area contributed by atoms with Crippen LogP contribution in [0.2, 0.25) is 0 Å². The number of rotatable bonds is 3. The van der Waals surface area contributed by atoms with Crippen molar-refractivity contribution < 1.29 is 0 Å². The van der Waals surface area contributed by atoms with E-state index >= 15 is 0 Å². The average molecular weight is 184 g/mol. The molecule has 1 aliphatic heterocycles. The number of nitrogens with two attached hydrogens (primary N) is 2. The van der Waals surface area contributed by atoms with Gasteiger partial charge < -0.3 is 16.4 Å². The van der Waals surface area contributed by atoms with Crippen LogP contribution in [0.25, 0.3) is 0 Å². The summed E-state index contributed by atoms with van der Waals surface area (Å²) in [5.41, 5.74) is 10.6. The summed E-state index contributed by atoms with van der Waals surface area (Å²) < 4.78 is 0. The molecule has 0 amide bonds. The topological polar surface area (TPSA) is 67.6 Å². The van der Waals surface area contributed by atoms with E-state index in [1.807, 2.05) is 0 Å². The van der Waals surface area contributed by atoms with Gasteiger partial charge in [0.2, 0.25) is 0 Å². The Labute approximate surface area is 80.0 Å². The molecule has 76 valence electrons. The molecule has 0 aliphatic carbocycles. The molecule has 0 aromatic heterocycles. The lowest BCUT2D eigenvalue weighted by atomic mass is 9.97. The molecule has 0 unspecified atom stereocenters. The number of likely N-dealkylation sites (tertiary alicyclic amines) is 1. The number of guanidine groups is 1. The maximum atomic E-state index is 5.28. The predicted molar refractivity (Wildman–Crippen MR) is 55.5 cm³/mol. The van der Waals surface area contributed by atoms with Crippen LogP contribution in [-0.2, 0) is 0 Å². The van der Waals surface area contributed by atoms with E-state index in [0.29, 0.717) is 5.92 Å². The molecule has 0 saturated carbocycles. The van der Waals surface area contributed by atoms with Crippen molar-refractivity contribution in [2.75, 3.05) is 26.2 Å². The molecule has 1 rings (SSSR count). The van der Waals surface area contributed by atoms with E-state index in [1.54, 1.807) is 0 Å². The number of hydrogen-bond acceptors (Lipinski definition) is 2. The van der Waals surface area contributed by atoms with Gasteiger partial charge in [-0.15, -0.1) is 0 Å². The van der Waals surface area contributed by atoms with Gasteiger partial charge in [0.25, 0.3) is 0 Å². The van der Waals surface area contributed by atoms with Crippen molar-refractivity contribution in [3.63, 3.8) is 0 Å². The summed E-state index contributed by atoms with van der Waals surface area (Å²) in [4.78, 5) is 6.52. The summed E-state index contributed by atoms with van der Waals surface area (Å²) >= 11 is 0. The van der Waals surface area contributed by atoms with Crippen LogP contribution >= 0.6 is 0 Å². The first kappa shape index (κ1) is 10.3. The fourth-order valence-corrected chi connectivity index (χ4v) is 1.72. The van der Waals surface area contributed by atoms with Gasteiger partial charge in [-0.2, -0.15) is 0 Å². The van der Waals surface area contributed by atoms with Gasteiger partial charge in [0.15, 0.2) is 5.96 Å². The fourth-order valence-electron chi connectivity index (χ4n) is 1.72. The molecule has 0 radical (unpaired) electrons. The highest BCUT2D eigenvalue weighted by Crippen LogP contribution is 2.16. The minimum atomic E-state index is 0.220. The number of piperidine rings is 1. The summed E-state index contributed by atoms with van der Waals surface area (Å²) in [5.74, 6) is 0.905. The molecule has 0 atom stereocenters. The quantitative estimate of drug-likeness (QED) is 0.479. The van der Waals surface area contributed by atoms with Crippen molar-refractivity contribution in [2.45, 2.75) is 19.8 Å². The Balaban J connectivity index is 2.21. The lowest BCUT2D eigenvalue weighted by molar-refractivity contribution is 0.196. The average Bonchev–Trinajstić information content (AvgIpc) is 2.15. The summed E-state index contributed by atoms with van der Waals surface area (Å²) in [6, 6.07) is 0. The summed E-state index contributed by atoms with van der Waals surface area (Å²) in [6.07, 6.45) is 2.45. The van der Waals surface area contributed by atoms with Crippen molar-refractivity contribution in [1.82, 2.24) is 4.90 Å². The molecule has 0 aromatic carbocycles. The second-order valence-corrected chi connectivity index (χ2v) is 3.64. The Morgan fingerprint density at radius 3 is 2.46 bits per heavy atom. The Kier molecular flexibility index (Phi) is 4.02. The molecule has 1 fully saturated rings. The number of hydrogen-bond donors (Lipinski definition) is 2. The SMILES string of the molecule is CCN1CCC(CN=C(N)N)CC1. The summed E-state index contributed by atoms with van der Waals surface area (Å²) in [6.45, 7) is 6.56. The van der Waals surface area contributed by atoms with Crippen molar-refractivity contribution in [2.24, 2.45) is 22.4 Å². The zero-order valence-electron chi connectivity index (χ0n) is 8.37. The van der Waals surface area contributed by atoms with Crippen LogP contribution < -0.4 is 11.5 Å². The Bertz CT molecular complexity index is 166. The smallest absolute Gasteiger partial charge is 0.185 e. The highest BCUT2D eigenvalue weighted by Gasteiger charge is 2.17. The number of nitrogens with zero attached hydrogens (tertiary/aromatic N) is 2. The molecule has 1 heterocycles. The molecular formula is C9H20N4. The van der Waals surface area contributed by atoms with Crippen LogP contribution in [-0.4, -0.2) is 37.0 Å². The molecule has 0 spiro atoms. The normalized spacial score (nSPS) is 20.1. The van der Waals surface area contributed by atoms with Gasteiger partial charge in [-0.1, -0.05) is 6.92 Å². The van der Waals surface area contributed by atoms with Gasteiger partial charge in [-0.25, -0.2) is 0 Å². The van der Waals surface area contributed by atoms with Gasteiger partial charge in [-0.05, 0) is 38.4 Å². The highest BCUT2D eigenvalue weighted by atomic mass is 15.1. The van der Waals surface area contributed by atoms with Gasteiger partial charge in [0.1, 0.15) is 0 Å². The first-order valence-electron chi connectivity index (χ1n) is 5.00. The van der Waals surface area contributed by atoms with E-state index < -0.39 is 0 Å². The van der Waals surface area contributed by atoms with Gasteiger partial charge >= 0.3 is 0 Å². The Morgan fingerprint density at radius 1 is 1.38 bits per heavy atom. The minimum absolute atomic E-state index is 0.220. The maximum Gasteiger partial charge on any atom is 0.185 e. The maximum absolute atomic E-state index is 5.28. The number of aliphatic imine (C=N–C) groups is 1.